The molecule has 8 atom stereocenters. The Kier molecular flexibility index (Phi) is 37.3. The molecule has 0 radical (unpaired) electrons. The summed E-state index contributed by atoms with van der Waals surface area (Å²) < 4.78 is 0. The fourth-order valence-electron chi connectivity index (χ4n) is 13.2. The third kappa shape index (κ3) is 28.6. The minimum Gasteiger partial charge on any atom is -1.00 e. The minimum absolute atomic E-state index is 0. The van der Waals surface area contributed by atoms with Gasteiger partial charge in [0.15, 0.2) is 0 Å². The first kappa shape index (κ1) is 74.9. The Bertz CT molecular complexity index is 2380. The molecular formula is C80H104Br2N8Ni. The molecule has 0 aromatic heterocycles. The molecule has 4 saturated carbocycles. The van der Waals surface area contributed by atoms with Crippen molar-refractivity contribution in [3.63, 3.8) is 0 Å². The first-order valence-corrected chi connectivity index (χ1v) is 33.9. The van der Waals surface area contributed by atoms with Crippen LogP contribution in [0.5, 0.6) is 0 Å². The molecular weight excluding hydrogens is 1290 g/mol. The van der Waals surface area contributed by atoms with Gasteiger partial charge in [-0.1, -0.05) is 294 Å². The smallest absolute Gasteiger partial charge is 1.00 e. The van der Waals surface area contributed by atoms with E-state index in [2.05, 4.69) is 285 Å². The van der Waals surface area contributed by atoms with Gasteiger partial charge in [-0.25, -0.2) is 0 Å². The molecule has 0 aliphatic heterocycles. The summed E-state index contributed by atoms with van der Waals surface area (Å²) in [4.78, 5) is 0. The van der Waals surface area contributed by atoms with Gasteiger partial charge >= 0.3 is 16.5 Å². The van der Waals surface area contributed by atoms with Gasteiger partial charge in [0.25, 0.3) is 0 Å². The van der Waals surface area contributed by atoms with E-state index in [-0.39, 0.29) is 50.5 Å². The van der Waals surface area contributed by atoms with Gasteiger partial charge < -0.3 is 76.5 Å². The van der Waals surface area contributed by atoms with Gasteiger partial charge in [0.2, 0.25) is 0 Å². The molecule has 0 amide bonds. The van der Waals surface area contributed by atoms with Crippen LogP contribution >= 0.6 is 0 Å². The van der Waals surface area contributed by atoms with Crippen LogP contribution in [0.25, 0.3) is 0 Å². The summed E-state index contributed by atoms with van der Waals surface area (Å²) in [5.41, 5.74) is 11.0. The van der Waals surface area contributed by atoms with Crippen molar-refractivity contribution in [2.45, 2.75) is 203 Å². The fourth-order valence-corrected chi connectivity index (χ4v) is 13.2. The van der Waals surface area contributed by atoms with Gasteiger partial charge in [-0.3, -0.25) is 0 Å². The number of hydrogen-bond donors (Lipinski definition) is 8. The number of nitrogens with one attached hydrogen (secondary N) is 8. The van der Waals surface area contributed by atoms with E-state index in [9.17, 15) is 0 Å². The molecule has 4 fully saturated rings. The zero-order valence-corrected chi connectivity index (χ0v) is 57.9. The number of halogens is 2. The Labute approximate surface area is 579 Å². The predicted octanol–water partition coefficient (Wildman–Crippen LogP) is 9.51. The minimum atomic E-state index is 0. The molecule has 0 spiro atoms. The summed E-state index contributed by atoms with van der Waals surface area (Å²) >= 11 is 0. The molecule has 4 aliphatic rings. The van der Waals surface area contributed by atoms with Crippen molar-refractivity contribution in [3.8, 4) is 0 Å². The SMILES string of the molecule is [Br-].[Br-].[Ni+2].c1ccc(CN[C@H]2CCCC[C@@H]2NCc2ccccc2)cc1.c1ccc(CN[C@H]2CCCC[C@@H]2NCc2ccccc2)cc1.c1ccc(CN[C@H]2CCCC[C@@H]2NCc2ccccc2)cc1.c1ccc(CN[C@H]2CCCC[C@@H]2NCc2ccccc2)cc1. The first-order chi connectivity index (χ1) is 43.7. The molecule has 12 rings (SSSR count). The predicted molar refractivity (Wildman–Crippen MR) is 370 cm³/mol. The number of hydrogen-bond acceptors (Lipinski definition) is 8. The average Bonchev–Trinajstić information content (AvgIpc) is 3.73. The van der Waals surface area contributed by atoms with Crippen LogP contribution in [0.3, 0.4) is 0 Å². The Balaban J connectivity index is 0.000000191. The average molecular weight is 1400 g/mol. The molecule has 8 N–H and O–H groups in total. The standard InChI is InChI=1S/4C20H26N2.2BrH.Ni/c4*1-3-9-17(10-4-1)15-21-19-13-7-8-14-20(19)22-16-18-11-5-2-6-12-18;;;/h4*1-6,9-12,19-22H,7-8,13-16H2;2*1H;/q;;;;;;+2/p-2/t4*19-,20-;;;/m0000.../s1. The van der Waals surface area contributed by atoms with Gasteiger partial charge in [-0.15, -0.1) is 0 Å². The monoisotopic (exact) mass is 1390 g/mol. The molecule has 0 bridgehead atoms. The van der Waals surface area contributed by atoms with Gasteiger partial charge in [0, 0.05) is 101 Å². The van der Waals surface area contributed by atoms with Crippen LogP contribution in [0.15, 0.2) is 243 Å². The fraction of sp³-hybridized carbons (Fsp3) is 0.400. The summed E-state index contributed by atoms with van der Waals surface area (Å²) in [7, 11) is 0. The molecule has 8 nitrogen and oxygen atoms in total. The maximum absolute atomic E-state index is 3.76. The van der Waals surface area contributed by atoms with Crippen molar-refractivity contribution in [2.24, 2.45) is 0 Å². The van der Waals surface area contributed by atoms with Crippen LogP contribution in [-0.2, 0) is 68.8 Å². The third-order valence-corrected chi connectivity index (χ3v) is 18.4. The number of rotatable bonds is 24. The Hall–Kier alpha value is -5.11. The summed E-state index contributed by atoms with van der Waals surface area (Å²) in [6.45, 7) is 7.74. The summed E-state index contributed by atoms with van der Waals surface area (Å²) in [5.74, 6) is 0. The van der Waals surface area contributed by atoms with Crippen LogP contribution in [0.4, 0.5) is 0 Å². The second-order valence-electron chi connectivity index (χ2n) is 24.9. The van der Waals surface area contributed by atoms with Crippen molar-refractivity contribution >= 4 is 0 Å². The molecule has 0 saturated heterocycles. The van der Waals surface area contributed by atoms with Crippen LogP contribution < -0.4 is 76.5 Å². The van der Waals surface area contributed by atoms with Crippen molar-refractivity contribution in [1.82, 2.24) is 42.5 Å². The Morgan fingerprint density at radius 3 is 0.374 bits per heavy atom. The number of benzene rings is 8. The molecule has 8 aromatic carbocycles. The van der Waals surface area contributed by atoms with E-state index in [1.807, 2.05) is 0 Å². The maximum Gasteiger partial charge on any atom is 2.00 e. The topological polar surface area (TPSA) is 96.2 Å². The summed E-state index contributed by atoms with van der Waals surface area (Å²) in [6, 6.07) is 90.2. The van der Waals surface area contributed by atoms with E-state index >= 15 is 0 Å². The molecule has 8 aromatic rings. The molecule has 0 heterocycles. The Morgan fingerprint density at radius 2 is 0.275 bits per heavy atom. The molecule has 4 aliphatic carbocycles. The van der Waals surface area contributed by atoms with Crippen LogP contribution in [-0.4, -0.2) is 48.3 Å². The van der Waals surface area contributed by atoms with Crippen LogP contribution in [0.2, 0.25) is 0 Å². The second-order valence-corrected chi connectivity index (χ2v) is 24.9. The van der Waals surface area contributed by atoms with E-state index in [0.29, 0.717) is 48.3 Å². The van der Waals surface area contributed by atoms with Gasteiger partial charge in [-0.2, -0.15) is 0 Å². The summed E-state index contributed by atoms with van der Waals surface area (Å²) in [5, 5.41) is 30.1. The molecule has 91 heavy (non-hydrogen) atoms. The van der Waals surface area contributed by atoms with Crippen molar-refractivity contribution in [2.75, 3.05) is 0 Å². The van der Waals surface area contributed by atoms with E-state index in [4.69, 9.17) is 0 Å². The van der Waals surface area contributed by atoms with Crippen molar-refractivity contribution < 1.29 is 50.5 Å². The largest absolute Gasteiger partial charge is 2.00 e. The van der Waals surface area contributed by atoms with E-state index in [0.717, 1.165) is 52.4 Å². The van der Waals surface area contributed by atoms with Crippen molar-refractivity contribution in [3.05, 3.63) is 287 Å². The zero-order valence-electron chi connectivity index (χ0n) is 53.8. The van der Waals surface area contributed by atoms with Crippen molar-refractivity contribution in [1.29, 1.82) is 0 Å². The molecule has 11 heteroatoms. The van der Waals surface area contributed by atoms with E-state index in [1.54, 1.807) is 0 Å². The van der Waals surface area contributed by atoms with E-state index in [1.165, 1.54) is 147 Å². The summed E-state index contributed by atoms with van der Waals surface area (Å²) in [6.07, 6.45) is 21.0. The van der Waals surface area contributed by atoms with Gasteiger partial charge in [0.05, 0.1) is 0 Å². The Morgan fingerprint density at radius 1 is 0.176 bits per heavy atom. The normalized spacial score (nSPS) is 20.9. The molecule has 488 valence electrons. The van der Waals surface area contributed by atoms with Crippen LogP contribution in [0, 0.1) is 0 Å². The third-order valence-electron chi connectivity index (χ3n) is 18.4. The molecule has 0 unspecified atom stereocenters. The van der Waals surface area contributed by atoms with E-state index < -0.39 is 0 Å². The van der Waals surface area contributed by atoms with Gasteiger partial charge in [0.1, 0.15) is 0 Å². The van der Waals surface area contributed by atoms with Crippen LogP contribution in [0.1, 0.15) is 147 Å². The quantitative estimate of drug-likeness (QED) is 0.0284. The zero-order chi connectivity index (χ0) is 60.1. The van der Waals surface area contributed by atoms with Gasteiger partial charge in [-0.05, 0) is 95.9 Å². The maximum atomic E-state index is 3.76. The first-order valence-electron chi connectivity index (χ1n) is 33.9. The second kappa shape index (κ2) is 45.3.